The summed E-state index contributed by atoms with van der Waals surface area (Å²) in [5, 5.41) is 11.2. The number of carbonyl (C=O) groups is 1. The largest absolute Gasteiger partial charge is 0.352 e. The van der Waals surface area contributed by atoms with Gasteiger partial charge in [-0.15, -0.1) is 0 Å². The third kappa shape index (κ3) is 2.75. The van der Waals surface area contributed by atoms with Crippen LogP contribution in [0, 0.1) is 0 Å². The van der Waals surface area contributed by atoms with Gasteiger partial charge in [-0.05, 0) is 36.8 Å². The van der Waals surface area contributed by atoms with E-state index in [4.69, 9.17) is 0 Å². The molecule has 0 saturated heterocycles. The van der Waals surface area contributed by atoms with Gasteiger partial charge in [0.2, 0.25) is 0 Å². The smallest absolute Gasteiger partial charge is 0.276 e. The van der Waals surface area contributed by atoms with Crippen molar-refractivity contribution in [2.24, 2.45) is 7.05 Å². The molecule has 1 aromatic carbocycles. The molecule has 0 spiro atoms. The Morgan fingerprint density at radius 2 is 2.00 bits per heavy atom. The predicted octanol–water partition coefficient (Wildman–Crippen LogP) is 1.20. The van der Waals surface area contributed by atoms with Crippen LogP contribution in [0.1, 0.15) is 16.8 Å². The molecule has 0 aliphatic carbocycles. The van der Waals surface area contributed by atoms with E-state index in [1.165, 1.54) is 0 Å². The number of aryl methyl sites for hydroxylation is 2. The van der Waals surface area contributed by atoms with Gasteiger partial charge >= 0.3 is 0 Å². The Morgan fingerprint density at radius 1 is 1.12 bits per heavy atom. The van der Waals surface area contributed by atoms with Crippen LogP contribution in [0.4, 0.5) is 0 Å². The summed E-state index contributed by atoms with van der Waals surface area (Å²) in [6, 6.07) is 8.83. The molecule has 8 nitrogen and oxygen atoms in total. The van der Waals surface area contributed by atoms with Crippen LogP contribution in [0.5, 0.6) is 0 Å². The number of fused-ring (bicyclic) bond motifs is 3. The highest BCUT2D eigenvalue weighted by Crippen LogP contribution is 2.15. The molecule has 132 valence electrons. The van der Waals surface area contributed by atoms with Crippen LogP contribution in [0.3, 0.4) is 0 Å². The molecular weight excluding hydrogens is 332 g/mol. The fourth-order valence-electron chi connectivity index (χ4n) is 3.03. The maximum atomic E-state index is 12.4. The van der Waals surface area contributed by atoms with Gasteiger partial charge in [-0.2, -0.15) is 10.2 Å². The van der Waals surface area contributed by atoms with Crippen LogP contribution in [-0.4, -0.2) is 36.4 Å². The summed E-state index contributed by atoms with van der Waals surface area (Å²) in [6.45, 7) is 1.30. The number of nitrogens with one attached hydrogen (secondary N) is 1. The lowest BCUT2D eigenvalue weighted by Crippen LogP contribution is -2.26. The van der Waals surface area contributed by atoms with Crippen molar-refractivity contribution >= 4 is 22.5 Å². The normalized spacial score (nSPS) is 11.3. The van der Waals surface area contributed by atoms with Crippen LogP contribution < -0.4 is 10.9 Å². The molecule has 4 aromatic rings. The molecule has 1 N–H and O–H groups in total. The average Bonchev–Trinajstić information content (AvgIpc) is 3.34. The highest BCUT2D eigenvalue weighted by molar-refractivity contribution is 5.97. The molecule has 3 heterocycles. The van der Waals surface area contributed by atoms with E-state index in [-0.39, 0.29) is 11.5 Å². The van der Waals surface area contributed by atoms with E-state index in [1.807, 2.05) is 23.0 Å². The molecule has 8 heteroatoms. The molecule has 0 bridgehead atoms. The summed E-state index contributed by atoms with van der Waals surface area (Å²) in [5.74, 6) is -0.166. The molecule has 3 aromatic heterocycles. The van der Waals surface area contributed by atoms with Gasteiger partial charge in [0.1, 0.15) is 5.52 Å². The molecule has 4 rings (SSSR count). The average molecular weight is 350 g/mol. The number of amides is 1. The lowest BCUT2D eigenvalue weighted by atomic mass is 10.1. The van der Waals surface area contributed by atoms with Crippen molar-refractivity contribution in [2.45, 2.75) is 13.0 Å². The maximum absolute atomic E-state index is 12.4. The maximum Gasteiger partial charge on any atom is 0.276 e. The van der Waals surface area contributed by atoms with Gasteiger partial charge in [0, 0.05) is 38.1 Å². The molecular formula is C18H18N6O2. The zero-order chi connectivity index (χ0) is 18.1. The van der Waals surface area contributed by atoms with Crippen LogP contribution >= 0.6 is 0 Å². The van der Waals surface area contributed by atoms with Gasteiger partial charge in [0.05, 0.1) is 17.2 Å². The number of hydrogen-bond donors (Lipinski definition) is 1. The minimum absolute atomic E-state index is 0.146. The Hall–Kier alpha value is -3.42. The number of carbonyl (C=O) groups excluding carboxylic acids is 1. The third-order valence-electron chi connectivity index (χ3n) is 4.40. The molecule has 0 unspecified atom stereocenters. The Bertz CT molecular complexity index is 1140. The van der Waals surface area contributed by atoms with Gasteiger partial charge in [-0.25, -0.2) is 4.52 Å². The Morgan fingerprint density at radius 3 is 2.81 bits per heavy atom. The molecule has 0 aliphatic heterocycles. The van der Waals surface area contributed by atoms with Gasteiger partial charge < -0.3 is 9.88 Å². The third-order valence-corrected chi connectivity index (χ3v) is 4.40. The van der Waals surface area contributed by atoms with E-state index >= 15 is 0 Å². The molecule has 0 radical (unpaired) electrons. The van der Waals surface area contributed by atoms with Crippen molar-refractivity contribution in [3.63, 3.8) is 0 Å². The van der Waals surface area contributed by atoms with Crippen molar-refractivity contribution < 1.29 is 4.79 Å². The van der Waals surface area contributed by atoms with Gasteiger partial charge in [0.25, 0.3) is 11.5 Å². The fourth-order valence-corrected chi connectivity index (χ4v) is 3.03. The Balaban J connectivity index is 1.55. The van der Waals surface area contributed by atoms with E-state index in [2.05, 4.69) is 15.5 Å². The molecule has 0 saturated carbocycles. The fraction of sp³-hybridized carbons (Fsp3) is 0.222. The van der Waals surface area contributed by atoms with Crippen LogP contribution in [0.2, 0.25) is 0 Å². The van der Waals surface area contributed by atoms with Crippen LogP contribution in [0.25, 0.3) is 16.6 Å². The second-order valence-corrected chi connectivity index (χ2v) is 6.07. The first-order chi connectivity index (χ1) is 12.6. The van der Waals surface area contributed by atoms with Crippen molar-refractivity contribution in [2.75, 3.05) is 6.54 Å². The monoisotopic (exact) mass is 350 g/mol. The molecule has 0 aliphatic rings. The number of hydrogen-bond acceptors (Lipinski definition) is 4. The molecule has 26 heavy (non-hydrogen) atoms. The summed E-state index contributed by atoms with van der Waals surface area (Å²) >= 11 is 0. The molecule has 0 fully saturated rings. The summed E-state index contributed by atoms with van der Waals surface area (Å²) in [7, 11) is 1.70. The highest BCUT2D eigenvalue weighted by Gasteiger charge is 2.12. The van der Waals surface area contributed by atoms with Gasteiger partial charge in [0.15, 0.2) is 0 Å². The Labute approximate surface area is 148 Å². The van der Waals surface area contributed by atoms with Gasteiger partial charge in [-0.1, -0.05) is 0 Å². The number of nitrogens with zero attached hydrogens (tertiary/aromatic N) is 5. The molecule has 1 amide bonds. The predicted molar refractivity (Wildman–Crippen MR) is 97.1 cm³/mol. The number of benzene rings is 1. The van der Waals surface area contributed by atoms with Crippen LogP contribution in [-0.2, 0) is 13.6 Å². The highest BCUT2D eigenvalue weighted by atomic mass is 16.1. The van der Waals surface area contributed by atoms with E-state index < -0.39 is 0 Å². The first kappa shape index (κ1) is 16.1. The quantitative estimate of drug-likeness (QED) is 0.548. The standard InChI is InChI=1S/C18H18N6O2/c1-22-16-12-13(17(25)19-7-2-10-23-11-3-8-20-23)4-5-14(16)24-15(18(22)26)6-9-21-24/h3-6,8-9,11-12H,2,7,10H2,1H3,(H,19,25). The van der Waals surface area contributed by atoms with Crippen LogP contribution in [0.15, 0.2) is 53.7 Å². The summed E-state index contributed by atoms with van der Waals surface area (Å²) in [6.07, 6.45) is 6.00. The minimum atomic E-state index is -0.166. The topological polar surface area (TPSA) is 86.2 Å². The zero-order valence-corrected chi connectivity index (χ0v) is 14.3. The van der Waals surface area contributed by atoms with E-state index in [1.54, 1.807) is 46.7 Å². The van der Waals surface area contributed by atoms with Crippen molar-refractivity contribution in [1.82, 2.24) is 29.3 Å². The van der Waals surface area contributed by atoms with Gasteiger partial charge in [-0.3, -0.25) is 14.3 Å². The summed E-state index contributed by atoms with van der Waals surface area (Å²) in [5.41, 5.74) is 2.32. The minimum Gasteiger partial charge on any atom is -0.352 e. The van der Waals surface area contributed by atoms with Crippen molar-refractivity contribution in [3.8, 4) is 0 Å². The van der Waals surface area contributed by atoms with Crippen molar-refractivity contribution in [3.05, 3.63) is 64.8 Å². The second kappa shape index (κ2) is 6.47. The Kier molecular flexibility index (Phi) is 4.00. The summed E-state index contributed by atoms with van der Waals surface area (Å²) < 4.78 is 4.97. The van der Waals surface area contributed by atoms with E-state index in [0.29, 0.717) is 23.1 Å². The lowest BCUT2D eigenvalue weighted by Gasteiger charge is -2.10. The SMILES string of the molecule is Cn1c(=O)c2ccnn2c2ccc(C(=O)NCCCn3cccn3)cc21. The van der Waals surface area contributed by atoms with Crippen molar-refractivity contribution in [1.29, 1.82) is 0 Å². The number of aromatic nitrogens is 5. The number of rotatable bonds is 5. The van der Waals surface area contributed by atoms with E-state index in [9.17, 15) is 9.59 Å². The lowest BCUT2D eigenvalue weighted by molar-refractivity contribution is 0.0952. The molecule has 0 atom stereocenters. The first-order valence-electron chi connectivity index (χ1n) is 8.37. The van der Waals surface area contributed by atoms with E-state index in [0.717, 1.165) is 18.5 Å². The second-order valence-electron chi connectivity index (χ2n) is 6.07. The zero-order valence-electron chi connectivity index (χ0n) is 14.3. The summed E-state index contributed by atoms with van der Waals surface area (Å²) in [4.78, 5) is 24.8. The first-order valence-corrected chi connectivity index (χ1v) is 8.37.